The molecule has 0 bridgehead atoms. The van der Waals surface area contributed by atoms with Crippen molar-refractivity contribution in [3.8, 4) is 10.6 Å². The summed E-state index contributed by atoms with van der Waals surface area (Å²) in [5.74, 6) is -0.222. The molecule has 0 spiro atoms. The van der Waals surface area contributed by atoms with Gasteiger partial charge in [-0.05, 0) is 55.1 Å². The molecule has 4 heterocycles. The number of anilines is 1. The molecule has 170 valence electrons. The van der Waals surface area contributed by atoms with Gasteiger partial charge in [-0.1, -0.05) is 24.3 Å². The van der Waals surface area contributed by atoms with E-state index in [0.29, 0.717) is 28.8 Å². The highest BCUT2D eigenvalue weighted by molar-refractivity contribution is 7.13. The molecule has 0 fully saturated rings. The van der Waals surface area contributed by atoms with Crippen LogP contribution in [0.2, 0.25) is 0 Å². The number of carbonyl (C=O) groups excluding carboxylic acids is 1. The molecule has 34 heavy (non-hydrogen) atoms. The van der Waals surface area contributed by atoms with Crippen molar-refractivity contribution in [1.82, 2.24) is 19.3 Å². The van der Waals surface area contributed by atoms with Gasteiger partial charge < -0.3 is 9.88 Å². The minimum Gasteiger partial charge on any atom is -0.322 e. The molecular weight excluding hydrogens is 446 g/mol. The van der Waals surface area contributed by atoms with E-state index in [9.17, 15) is 9.59 Å². The smallest absolute Gasteiger partial charge is 0.256 e. The number of aromatic nitrogens is 4. The van der Waals surface area contributed by atoms with Gasteiger partial charge in [0, 0.05) is 24.0 Å². The van der Waals surface area contributed by atoms with Crippen LogP contribution in [0.4, 0.5) is 5.69 Å². The van der Waals surface area contributed by atoms with Crippen molar-refractivity contribution in [2.24, 2.45) is 0 Å². The average Bonchev–Trinajstić information content (AvgIpc) is 3.51. The van der Waals surface area contributed by atoms with E-state index in [1.54, 1.807) is 34.4 Å². The maximum atomic E-state index is 13.3. The molecule has 0 saturated heterocycles. The van der Waals surface area contributed by atoms with E-state index in [2.05, 4.69) is 10.4 Å². The Morgan fingerprint density at radius 2 is 1.91 bits per heavy atom. The number of amides is 1. The largest absolute Gasteiger partial charge is 0.322 e. The summed E-state index contributed by atoms with van der Waals surface area (Å²) in [6.45, 7) is 4.55. The van der Waals surface area contributed by atoms with E-state index in [1.807, 2.05) is 72.4 Å². The Morgan fingerprint density at radius 1 is 1.09 bits per heavy atom. The lowest BCUT2D eigenvalue weighted by molar-refractivity contribution is 0.102. The maximum absolute atomic E-state index is 13.3. The van der Waals surface area contributed by atoms with E-state index in [1.165, 1.54) is 6.07 Å². The number of benzene rings is 1. The molecule has 0 saturated carbocycles. The SMILES string of the molecule is CC(C)n1ncc2c(C(=O)Nc3ccc(Cn4ccccc4=O)cc3)cc(-c3cccs3)nc21. The first-order chi connectivity index (χ1) is 16.5. The number of nitrogens with one attached hydrogen (secondary N) is 1. The van der Waals surface area contributed by atoms with Crippen LogP contribution in [0.3, 0.4) is 0 Å². The highest BCUT2D eigenvalue weighted by Gasteiger charge is 2.19. The third kappa shape index (κ3) is 4.27. The fourth-order valence-electron chi connectivity index (χ4n) is 3.81. The lowest BCUT2D eigenvalue weighted by Gasteiger charge is -2.11. The minimum atomic E-state index is -0.222. The highest BCUT2D eigenvalue weighted by Crippen LogP contribution is 2.29. The zero-order chi connectivity index (χ0) is 23.7. The quantitative estimate of drug-likeness (QED) is 0.370. The summed E-state index contributed by atoms with van der Waals surface area (Å²) < 4.78 is 3.48. The topological polar surface area (TPSA) is 81.8 Å². The van der Waals surface area contributed by atoms with Gasteiger partial charge in [0.05, 0.1) is 34.3 Å². The van der Waals surface area contributed by atoms with E-state index in [4.69, 9.17) is 4.98 Å². The first-order valence-electron chi connectivity index (χ1n) is 11.0. The van der Waals surface area contributed by atoms with Gasteiger partial charge in [-0.3, -0.25) is 9.59 Å². The van der Waals surface area contributed by atoms with Crippen LogP contribution in [0.15, 0.2) is 83.2 Å². The van der Waals surface area contributed by atoms with Crippen LogP contribution in [0, 0.1) is 0 Å². The highest BCUT2D eigenvalue weighted by atomic mass is 32.1. The summed E-state index contributed by atoms with van der Waals surface area (Å²) in [5.41, 5.74) is 3.56. The molecule has 5 aromatic rings. The fraction of sp³-hybridized carbons (Fsp3) is 0.154. The second-order valence-electron chi connectivity index (χ2n) is 8.27. The summed E-state index contributed by atoms with van der Waals surface area (Å²) in [6, 6.07) is 18.5. The second kappa shape index (κ2) is 9.07. The van der Waals surface area contributed by atoms with Crippen molar-refractivity contribution in [3.63, 3.8) is 0 Å². The standard InChI is InChI=1S/C26H23N5O2S/c1-17(2)31-25-21(15-27-31)20(14-22(29-25)23-6-5-13-34-23)26(33)28-19-10-8-18(9-11-19)16-30-12-4-3-7-24(30)32/h3-15,17H,16H2,1-2H3,(H,28,33). The van der Waals surface area contributed by atoms with Crippen LogP contribution in [0.5, 0.6) is 0 Å². The van der Waals surface area contributed by atoms with E-state index < -0.39 is 0 Å². The third-order valence-corrected chi connectivity index (χ3v) is 6.43. The number of rotatable bonds is 6. The van der Waals surface area contributed by atoms with Crippen LogP contribution >= 0.6 is 11.3 Å². The van der Waals surface area contributed by atoms with Gasteiger partial charge in [-0.25, -0.2) is 9.67 Å². The molecule has 1 N–H and O–H groups in total. The van der Waals surface area contributed by atoms with Crippen molar-refractivity contribution in [2.45, 2.75) is 26.4 Å². The number of hydrogen-bond donors (Lipinski definition) is 1. The van der Waals surface area contributed by atoms with Gasteiger partial charge in [0.15, 0.2) is 5.65 Å². The van der Waals surface area contributed by atoms with Crippen molar-refractivity contribution in [3.05, 3.63) is 99.9 Å². The number of hydrogen-bond acceptors (Lipinski definition) is 5. The van der Waals surface area contributed by atoms with Crippen LogP contribution in [0.25, 0.3) is 21.6 Å². The zero-order valence-electron chi connectivity index (χ0n) is 18.8. The lowest BCUT2D eigenvalue weighted by atomic mass is 10.1. The average molecular weight is 470 g/mol. The second-order valence-corrected chi connectivity index (χ2v) is 9.22. The van der Waals surface area contributed by atoms with Crippen LogP contribution in [0.1, 0.15) is 35.8 Å². The Balaban J connectivity index is 1.44. The van der Waals surface area contributed by atoms with Gasteiger partial charge in [0.2, 0.25) is 0 Å². The molecule has 0 aliphatic carbocycles. The van der Waals surface area contributed by atoms with Gasteiger partial charge in [0.1, 0.15) is 0 Å². The third-order valence-electron chi connectivity index (χ3n) is 5.54. The summed E-state index contributed by atoms with van der Waals surface area (Å²) in [4.78, 5) is 31.1. The predicted molar refractivity (Wildman–Crippen MR) is 135 cm³/mol. The lowest BCUT2D eigenvalue weighted by Crippen LogP contribution is -2.18. The number of fused-ring (bicyclic) bond motifs is 1. The van der Waals surface area contributed by atoms with Gasteiger partial charge in [0.25, 0.3) is 11.5 Å². The first kappa shape index (κ1) is 21.8. The molecule has 0 unspecified atom stereocenters. The number of nitrogens with zero attached hydrogens (tertiary/aromatic N) is 4. The van der Waals surface area contributed by atoms with Crippen molar-refractivity contribution >= 4 is 34.0 Å². The molecule has 1 amide bonds. The molecule has 1 aromatic carbocycles. The molecule has 8 heteroatoms. The summed E-state index contributed by atoms with van der Waals surface area (Å²) in [5, 5.41) is 10.2. The Labute approximate surface area is 200 Å². The van der Waals surface area contributed by atoms with Gasteiger partial charge >= 0.3 is 0 Å². The number of carbonyl (C=O) groups is 1. The molecule has 0 radical (unpaired) electrons. The molecule has 0 aliphatic rings. The van der Waals surface area contributed by atoms with Gasteiger partial charge in [-0.2, -0.15) is 5.10 Å². The predicted octanol–water partition coefficient (Wildman–Crippen LogP) is 5.20. The summed E-state index contributed by atoms with van der Waals surface area (Å²) >= 11 is 1.58. The summed E-state index contributed by atoms with van der Waals surface area (Å²) in [6.07, 6.45) is 3.46. The number of thiophene rings is 1. The minimum absolute atomic E-state index is 0.0509. The Hall–Kier alpha value is -4.04. The number of pyridine rings is 2. The molecule has 7 nitrogen and oxygen atoms in total. The monoisotopic (exact) mass is 469 g/mol. The van der Waals surface area contributed by atoms with Crippen molar-refractivity contribution < 1.29 is 4.79 Å². The Kier molecular flexibility index (Phi) is 5.81. The maximum Gasteiger partial charge on any atom is 0.256 e. The molecule has 0 aliphatic heterocycles. The van der Waals surface area contributed by atoms with E-state index in [-0.39, 0.29) is 17.5 Å². The fourth-order valence-corrected chi connectivity index (χ4v) is 4.50. The Morgan fingerprint density at radius 3 is 2.62 bits per heavy atom. The normalized spacial score (nSPS) is 11.3. The van der Waals surface area contributed by atoms with Crippen LogP contribution in [-0.4, -0.2) is 25.2 Å². The van der Waals surface area contributed by atoms with Crippen LogP contribution in [-0.2, 0) is 6.54 Å². The van der Waals surface area contributed by atoms with Crippen LogP contribution < -0.4 is 10.9 Å². The molecule has 0 atom stereocenters. The van der Waals surface area contributed by atoms with E-state index >= 15 is 0 Å². The molecule has 5 rings (SSSR count). The van der Waals surface area contributed by atoms with E-state index in [0.717, 1.165) is 16.1 Å². The van der Waals surface area contributed by atoms with Crippen molar-refractivity contribution in [2.75, 3.05) is 5.32 Å². The zero-order valence-corrected chi connectivity index (χ0v) is 19.6. The first-order valence-corrected chi connectivity index (χ1v) is 11.9. The summed E-state index contributed by atoms with van der Waals surface area (Å²) in [7, 11) is 0. The van der Waals surface area contributed by atoms with Gasteiger partial charge in [-0.15, -0.1) is 11.3 Å². The molecule has 4 aromatic heterocycles. The Bertz CT molecular complexity index is 1520. The molecular formula is C26H23N5O2S. The van der Waals surface area contributed by atoms with Crippen molar-refractivity contribution in [1.29, 1.82) is 0 Å².